The van der Waals surface area contributed by atoms with Crippen LogP contribution >= 0.6 is 0 Å². The van der Waals surface area contributed by atoms with Crippen LogP contribution in [-0.4, -0.2) is 46.7 Å². The number of fused-ring (bicyclic) bond motifs is 1. The summed E-state index contributed by atoms with van der Waals surface area (Å²) in [7, 11) is -3.55. The van der Waals surface area contributed by atoms with E-state index in [9.17, 15) is 13.2 Å². The molecule has 1 heterocycles. The van der Waals surface area contributed by atoms with Crippen molar-refractivity contribution in [2.45, 2.75) is 38.3 Å². The van der Waals surface area contributed by atoms with Gasteiger partial charge in [0.1, 0.15) is 5.52 Å². The third-order valence-corrected chi connectivity index (χ3v) is 6.76. The van der Waals surface area contributed by atoms with Crippen molar-refractivity contribution in [1.29, 1.82) is 0 Å². The van der Waals surface area contributed by atoms with Crippen LogP contribution < -0.4 is 5.32 Å². The van der Waals surface area contributed by atoms with E-state index in [1.807, 2.05) is 30.3 Å². The van der Waals surface area contributed by atoms with E-state index in [1.54, 1.807) is 30.7 Å². The van der Waals surface area contributed by atoms with Crippen molar-refractivity contribution in [2.75, 3.05) is 13.1 Å². The third kappa shape index (κ3) is 4.80. The molecule has 0 atom stereocenters. The van der Waals surface area contributed by atoms with Crippen LogP contribution in [0, 0.1) is 0 Å². The number of aryl methyl sites for hydroxylation is 1. The highest BCUT2D eigenvalue weighted by molar-refractivity contribution is 7.89. The van der Waals surface area contributed by atoms with E-state index < -0.39 is 10.0 Å². The Bertz CT molecular complexity index is 1080. The Morgan fingerprint density at radius 3 is 2.52 bits per heavy atom. The SMILES string of the molecule is CCN(CC)S(=O)(=O)c1ccc2c(c1)nnn2CCC(=O)NCc1ccccc1. The van der Waals surface area contributed by atoms with Crippen molar-refractivity contribution >= 4 is 27.0 Å². The Kier molecular flexibility index (Phi) is 6.60. The van der Waals surface area contributed by atoms with Crippen molar-refractivity contribution in [3.05, 3.63) is 54.1 Å². The maximum Gasteiger partial charge on any atom is 0.243 e. The third-order valence-electron chi connectivity index (χ3n) is 4.71. The molecule has 154 valence electrons. The van der Waals surface area contributed by atoms with Gasteiger partial charge in [-0.3, -0.25) is 4.79 Å². The number of carbonyl (C=O) groups is 1. The molecule has 0 radical (unpaired) electrons. The molecule has 0 saturated heterocycles. The van der Waals surface area contributed by atoms with E-state index in [-0.39, 0.29) is 17.2 Å². The molecule has 29 heavy (non-hydrogen) atoms. The smallest absolute Gasteiger partial charge is 0.243 e. The number of sulfonamides is 1. The zero-order valence-electron chi connectivity index (χ0n) is 16.6. The Balaban J connectivity index is 1.66. The van der Waals surface area contributed by atoms with Gasteiger partial charge in [-0.15, -0.1) is 5.10 Å². The maximum absolute atomic E-state index is 12.7. The van der Waals surface area contributed by atoms with Gasteiger partial charge in [0, 0.05) is 26.1 Å². The van der Waals surface area contributed by atoms with E-state index in [0.717, 1.165) is 5.56 Å². The van der Waals surface area contributed by atoms with Gasteiger partial charge < -0.3 is 5.32 Å². The van der Waals surface area contributed by atoms with Crippen molar-refractivity contribution in [3.63, 3.8) is 0 Å². The van der Waals surface area contributed by atoms with Crippen molar-refractivity contribution in [1.82, 2.24) is 24.6 Å². The van der Waals surface area contributed by atoms with Crippen LogP contribution in [0.1, 0.15) is 25.8 Å². The number of hydrogen-bond acceptors (Lipinski definition) is 5. The molecule has 3 aromatic rings. The second kappa shape index (κ2) is 9.15. The number of aromatic nitrogens is 3. The minimum Gasteiger partial charge on any atom is -0.352 e. The summed E-state index contributed by atoms with van der Waals surface area (Å²) in [5.41, 5.74) is 2.22. The summed E-state index contributed by atoms with van der Waals surface area (Å²) in [6.45, 7) is 5.25. The molecule has 0 aliphatic rings. The first-order valence-electron chi connectivity index (χ1n) is 9.59. The number of hydrogen-bond donors (Lipinski definition) is 1. The number of rotatable bonds is 9. The topological polar surface area (TPSA) is 97.2 Å². The van der Waals surface area contributed by atoms with Crippen LogP contribution in [-0.2, 0) is 27.9 Å². The second-order valence-corrected chi connectivity index (χ2v) is 8.50. The van der Waals surface area contributed by atoms with Crippen LogP contribution in [0.2, 0.25) is 0 Å². The molecule has 1 N–H and O–H groups in total. The monoisotopic (exact) mass is 415 g/mol. The molecular formula is C20H25N5O3S. The molecule has 0 saturated carbocycles. The van der Waals surface area contributed by atoms with Crippen LogP contribution in [0.15, 0.2) is 53.4 Å². The lowest BCUT2D eigenvalue weighted by Gasteiger charge is -2.18. The van der Waals surface area contributed by atoms with Gasteiger partial charge in [0.2, 0.25) is 15.9 Å². The normalized spacial score (nSPS) is 11.8. The number of nitrogens with one attached hydrogen (secondary N) is 1. The maximum atomic E-state index is 12.7. The van der Waals surface area contributed by atoms with Crippen molar-refractivity contribution in [3.8, 4) is 0 Å². The minimum absolute atomic E-state index is 0.0850. The Morgan fingerprint density at radius 1 is 1.10 bits per heavy atom. The highest BCUT2D eigenvalue weighted by Gasteiger charge is 2.22. The van der Waals surface area contributed by atoms with E-state index in [2.05, 4.69) is 15.6 Å². The Hall–Kier alpha value is -2.78. The molecule has 0 aliphatic carbocycles. The van der Waals surface area contributed by atoms with Crippen molar-refractivity contribution in [2.24, 2.45) is 0 Å². The zero-order chi connectivity index (χ0) is 20.9. The van der Waals surface area contributed by atoms with Gasteiger partial charge in [0.25, 0.3) is 0 Å². The average Bonchev–Trinajstić information content (AvgIpc) is 3.14. The molecule has 0 spiro atoms. The summed E-state index contributed by atoms with van der Waals surface area (Å²) in [6, 6.07) is 14.5. The van der Waals surface area contributed by atoms with Crippen LogP contribution in [0.5, 0.6) is 0 Å². The summed E-state index contributed by atoms with van der Waals surface area (Å²) >= 11 is 0. The lowest BCUT2D eigenvalue weighted by Crippen LogP contribution is -2.30. The second-order valence-electron chi connectivity index (χ2n) is 6.56. The summed E-state index contributed by atoms with van der Waals surface area (Å²) < 4.78 is 28.3. The van der Waals surface area contributed by atoms with Crippen LogP contribution in [0.4, 0.5) is 0 Å². The summed E-state index contributed by atoms with van der Waals surface area (Å²) in [5, 5.41) is 11.0. The van der Waals surface area contributed by atoms with Gasteiger partial charge in [-0.1, -0.05) is 49.4 Å². The molecule has 1 amide bonds. The van der Waals surface area contributed by atoms with Crippen LogP contribution in [0.3, 0.4) is 0 Å². The molecule has 1 aromatic heterocycles. The Morgan fingerprint density at radius 2 is 1.83 bits per heavy atom. The molecule has 0 aliphatic heterocycles. The number of amides is 1. The highest BCUT2D eigenvalue weighted by Crippen LogP contribution is 2.20. The quantitative estimate of drug-likeness (QED) is 0.578. The first kappa shape index (κ1) is 20.9. The highest BCUT2D eigenvalue weighted by atomic mass is 32.2. The molecule has 3 rings (SSSR count). The Labute approximate surface area is 170 Å². The van der Waals surface area contributed by atoms with Gasteiger partial charge in [0.15, 0.2) is 0 Å². The van der Waals surface area contributed by atoms with E-state index in [1.165, 1.54) is 10.4 Å². The first-order valence-corrected chi connectivity index (χ1v) is 11.0. The first-order chi connectivity index (χ1) is 14.0. The van der Waals surface area contributed by atoms with E-state index in [0.29, 0.717) is 37.2 Å². The molecule has 0 fully saturated rings. The van der Waals surface area contributed by atoms with Gasteiger partial charge in [0.05, 0.1) is 17.0 Å². The lowest BCUT2D eigenvalue weighted by atomic mass is 10.2. The minimum atomic E-state index is -3.55. The average molecular weight is 416 g/mol. The molecule has 8 nitrogen and oxygen atoms in total. The largest absolute Gasteiger partial charge is 0.352 e. The summed E-state index contributed by atoms with van der Waals surface area (Å²) in [6.07, 6.45) is 0.255. The number of carbonyl (C=O) groups excluding carboxylic acids is 1. The van der Waals surface area contributed by atoms with E-state index in [4.69, 9.17) is 0 Å². The summed E-state index contributed by atoms with van der Waals surface area (Å²) in [4.78, 5) is 12.3. The lowest BCUT2D eigenvalue weighted by molar-refractivity contribution is -0.121. The van der Waals surface area contributed by atoms with Crippen LogP contribution in [0.25, 0.3) is 11.0 Å². The fraction of sp³-hybridized carbons (Fsp3) is 0.350. The molecule has 2 aromatic carbocycles. The van der Waals surface area contributed by atoms with E-state index >= 15 is 0 Å². The fourth-order valence-corrected chi connectivity index (χ4v) is 4.56. The molecular weight excluding hydrogens is 390 g/mol. The zero-order valence-corrected chi connectivity index (χ0v) is 17.4. The van der Waals surface area contributed by atoms with Gasteiger partial charge in [-0.25, -0.2) is 13.1 Å². The predicted molar refractivity (Wildman–Crippen MR) is 111 cm³/mol. The summed E-state index contributed by atoms with van der Waals surface area (Å²) in [5.74, 6) is -0.0850. The van der Waals surface area contributed by atoms with Crippen molar-refractivity contribution < 1.29 is 13.2 Å². The van der Waals surface area contributed by atoms with Gasteiger partial charge >= 0.3 is 0 Å². The predicted octanol–water partition coefficient (Wildman–Crippen LogP) is 2.17. The number of nitrogens with zero attached hydrogens (tertiary/aromatic N) is 4. The number of benzene rings is 2. The van der Waals surface area contributed by atoms with Gasteiger partial charge in [-0.2, -0.15) is 4.31 Å². The molecule has 0 bridgehead atoms. The standard InChI is InChI=1S/C20H25N5O3S/c1-3-24(4-2)29(27,28)17-10-11-19-18(14-17)22-23-25(19)13-12-20(26)21-15-16-8-6-5-7-9-16/h5-11,14H,3-4,12-13,15H2,1-2H3,(H,21,26). The fourth-order valence-electron chi connectivity index (χ4n) is 3.08. The van der Waals surface area contributed by atoms with Gasteiger partial charge in [-0.05, 0) is 23.8 Å². The molecule has 0 unspecified atom stereocenters. The molecule has 9 heteroatoms.